The molecule has 1 aromatic rings. The molecule has 1 saturated carbocycles. The topological polar surface area (TPSA) is 55.4 Å². The summed E-state index contributed by atoms with van der Waals surface area (Å²) >= 11 is 0. The molecule has 1 aliphatic carbocycles. The lowest BCUT2D eigenvalue weighted by Gasteiger charge is -2.29. The maximum absolute atomic E-state index is 12.6. The summed E-state index contributed by atoms with van der Waals surface area (Å²) in [4.78, 5) is 24.2. The summed E-state index contributed by atoms with van der Waals surface area (Å²) in [6, 6.07) is 3.74. The van der Waals surface area contributed by atoms with Crippen LogP contribution in [0.4, 0.5) is 13.2 Å². The molecule has 0 unspecified atom stereocenters. The zero-order valence-electron chi connectivity index (χ0n) is 14.1. The normalized spacial score (nSPS) is 17.0. The van der Waals surface area contributed by atoms with Crippen LogP contribution in [0, 0.1) is 5.92 Å². The van der Waals surface area contributed by atoms with Crippen molar-refractivity contribution in [3.63, 3.8) is 0 Å². The van der Waals surface area contributed by atoms with Crippen molar-refractivity contribution in [1.29, 1.82) is 0 Å². The first-order valence-electron chi connectivity index (χ1n) is 8.34. The van der Waals surface area contributed by atoms with Gasteiger partial charge < -0.3 is 10.1 Å². The quantitative estimate of drug-likeness (QED) is 0.821. The highest BCUT2D eigenvalue weighted by molar-refractivity contribution is 5.85. The van der Waals surface area contributed by atoms with E-state index in [0.717, 1.165) is 44.2 Å². The molecule has 0 bridgehead atoms. The maximum Gasteiger partial charge on any atom is 0.416 e. The molecule has 1 aromatic carbocycles. The molecule has 0 heterocycles. The van der Waals surface area contributed by atoms with Crippen LogP contribution >= 0.6 is 0 Å². The number of carbonyl (C=O) groups is 2. The van der Waals surface area contributed by atoms with Gasteiger partial charge in [-0.05, 0) is 36.5 Å². The van der Waals surface area contributed by atoms with Crippen LogP contribution in [0.15, 0.2) is 24.3 Å². The number of halogens is 3. The monoisotopic (exact) mass is 357 g/mol. The fourth-order valence-electron chi connectivity index (χ4n) is 3.19. The lowest BCUT2D eigenvalue weighted by Crippen LogP contribution is -2.47. The van der Waals surface area contributed by atoms with Crippen LogP contribution < -0.4 is 5.32 Å². The van der Waals surface area contributed by atoms with Crippen LogP contribution in [0.5, 0.6) is 0 Å². The van der Waals surface area contributed by atoms with Crippen LogP contribution in [-0.2, 0) is 26.9 Å². The van der Waals surface area contributed by atoms with Gasteiger partial charge >= 0.3 is 12.1 Å². The molecule has 0 spiro atoms. The standard InChI is InChI=1S/C18H22F3NO3/c1-25-17(24)16(13-5-3-2-4-6-13)22-15(23)11-12-7-9-14(10-8-12)18(19,20)21/h7-10,13,16H,2-6,11H2,1H3,(H,22,23)/t16-/m0/s1. The summed E-state index contributed by atoms with van der Waals surface area (Å²) in [6.07, 6.45) is 0.334. The third kappa shape index (κ3) is 5.47. The van der Waals surface area contributed by atoms with Gasteiger partial charge in [0.1, 0.15) is 6.04 Å². The van der Waals surface area contributed by atoms with Gasteiger partial charge in [0.2, 0.25) is 5.91 Å². The SMILES string of the molecule is COC(=O)[C@@H](NC(=O)Cc1ccc(C(F)(F)F)cc1)C1CCCCC1. The van der Waals surface area contributed by atoms with Gasteiger partial charge in [-0.25, -0.2) is 4.79 Å². The number of hydrogen-bond acceptors (Lipinski definition) is 3. The summed E-state index contributed by atoms with van der Waals surface area (Å²) in [5.41, 5.74) is -0.302. The number of rotatable bonds is 5. The number of methoxy groups -OCH3 is 1. The minimum absolute atomic E-state index is 0.0396. The van der Waals surface area contributed by atoms with Crippen LogP contribution in [0.1, 0.15) is 43.2 Å². The number of nitrogens with one attached hydrogen (secondary N) is 1. The van der Waals surface area contributed by atoms with Crippen molar-refractivity contribution in [2.45, 2.75) is 50.7 Å². The van der Waals surface area contributed by atoms with Crippen LogP contribution in [-0.4, -0.2) is 25.0 Å². The summed E-state index contributed by atoms with van der Waals surface area (Å²) < 4.78 is 42.5. The zero-order chi connectivity index (χ0) is 18.4. The molecule has 1 aliphatic rings. The number of esters is 1. The van der Waals surface area contributed by atoms with Gasteiger partial charge in [0.25, 0.3) is 0 Å². The molecule has 0 saturated heterocycles. The smallest absolute Gasteiger partial charge is 0.416 e. The van der Waals surface area contributed by atoms with Crippen molar-refractivity contribution in [2.75, 3.05) is 7.11 Å². The Morgan fingerprint density at radius 2 is 1.76 bits per heavy atom. The van der Waals surface area contributed by atoms with E-state index in [0.29, 0.717) is 5.56 Å². The summed E-state index contributed by atoms with van der Waals surface area (Å²) in [7, 11) is 1.28. The van der Waals surface area contributed by atoms with E-state index in [9.17, 15) is 22.8 Å². The van der Waals surface area contributed by atoms with Crippen molar-refractivity contribution in [3.05, 3.63) is 35.4 Å². The molecule has 0 radical (unpaired) electrons. The van der Waals surface area contributed by atoms with E-state index >= 15 is 0 Å². The summed E-state index contributed by atoms with van der Waals surface area (Å²) in [6.45, 7) is 0. The molecule has 0 aliphatic heterocycles. The molecule has 0 aromatic heterocycles. The van der Waals surface area contributed by atoms with Crippen molar-refractivity contribution in [1.82, 2.24) is 5.32 Å². The fourth-order valence-corrected chi connectivity index (χ4v) is 3.19. The Morgan fingerprint density at radius 3 is 2.28 bits per heavy atom. The highest BCUT2D eigenvalue weighted by Crippen LogP contribution is 2.29. The lowest BCUT2D eigenvalue weighted by atomic mass is 9.83. The fraction of sp³-hybridized carbons (Fsp3) is 0.556. The van der Waals surface area contributed by atoms with Crippen LogP contribution in [0.2, 0.25) is 0 Å². The number of amides is 1. The largest absolute Gasteiger partial charge is 0.467 e. The number of carbonyl (C=O) groups excluding carboxylic acids is 2. The molecular weight excluding hydrogens is 335 g/mol. The lowest BCUT2D eigenvalue weighted by molar-refractivity contribution is -0.147. The molecule has 2 rings (SSSR count). The van der Waals surface area contributed by atoms with Crippen LogP contribution in [0.25, 0.3) is 0 Å². The van der Waals surface area contributed by atoms with Crippen molar-refractivity contribution < 1.29 is 27.5 Å². The molecule has 1 N–H and O–H groups in total. The van der Waals surface area contributed by atoms with Crippen molar-refractivity contribution in [3.8, 4) is 0 Å². The van der Waals surface area contributed by atoms with E-state index in [1.54, 1.807) is 0 Å². The minimum Gasteiger partial charge on any atom is -0.467 e. The van der Waals surface area contributed by atoms with Gasteiger partial charge in [-0.2, -0.15) is 13.2 Å². The van der Waals surface area contributed by atoms with Gasteiger partial charge in [-0.1, -0.05) is 31.4 Å². The molecule has 1 amide bonds. The Morgan fingerprint density at radius 1 is 1.16 bits per heavy atom. The first-order chi connectivity index (χ1) is 11.8. The molecule has 4 nitrogen and oxygen atoms in total. The van der Waals surface area contributed by atoms with Crippen molar-refractivity contribution >= 4 is 11.9 Å². The number of hydrogen-bond donors (Lipinski definition) is 1. The Bertz CT molecular complexity index is 593. The van der Waals surface area contributed by atoms with Gasteiger partial charge in [0.05, 0.1) is 19.1 Å². The molecule has 138 valence electrons. The van der Waals surface area contributed by atoms with E-state index in [4.69, 9.17) is 4.74 Å². The first-order valence-corrected chi connectivity index (χ1v) is 8.34. The summed E-state index contributed by atoms with van der Waals surface area (Å²) in [5.74, 6) is -0.842. The Labute approximate surface area is 144 Å². The predicted octanol–water partition coefficient (Wildman–Crippen LogP) is 3.49. The van der Waals surface area contributed by atoms with Crippen LogP contribution in [0.3, 0.4) is 0 Å². The third-order valence-corrected chi connectivity index (χ3v) is 4.54. The second-order valence-electron chi connectivity index (χ2n) is 6.34. The van der Waals surface area contributed by atoms with Gasteiger partial charge in [0.15, 0.2) is 0 Å². The third-order valence-electron chi connectivity index (χ3n) is 4.54. The predicted molar refractivity (Wildman–Crippen MR) is 85.7 cm³/mol. The zero-order valence-corrected chi connectivity index (χ0v) is 14.1. The van der Waals surface area contributed by atoms with E-state index < -0.39 is 29.7 Å². The second-order valence-corrected chi connectivity index (χ2v) is 6.34. The molecule has 1 fully saturated rings. The molecule has 1 atom stereocenters. The Balaban J connectivity index is 1.99. The maximum atomic E-state index is 12.6. The molecular formula is C18H22F3NO3. The van der Waals surface area contributed by atoms with Gasteiger partial charge in [0, 0.05) is 0 Å². The highest BCUT2D eigenvalue weighted by Gasteiger charge is 2.32. The number of benzene rings is 1. The van der Waals surface area contributed by atoms with Crippen molar-refractivity contribution in [2.24, 2.45) is 5.92 Å². The average molecular weight is 357 g/mol. The molecule has 7 heteroatoms. The summed E-state index contributed by atoms with van der Waals surface area (Å²) in [5, 5.41) is 2.70. The van der Waals surface area contributed by atoms with E-state index in [1.807, 2.05) is 0 Å². The second kappa shape index (κ2) is 8.36. The first kappa shape index (κ1) is 19.3. The Kier molecular flexibility index (Phi) is 6.45. The van der Waals surface area contributed by atoms with E-state index in [2.05, 4.69) is 5.32 Å². The Hall–Kier alpha value is -2.05. The van der Waals surface area contributed by atoms with E-state index in [-0.39, 0.29) is 12.3 Å². The van der Waals surface area contributed by atoms with E-state index in [1.165, 1.54) is 19.2 Å². The highest BCUT2D eigenvalue weighted by atomic mass is 19.4. The number of ether oxygens (including phenoxy) is 1. The number of alkyl halides is 3. The molecule has 25 heavy (non-hydrogen) atoms. The minimum atomic E-state index is -4.41. The average Bonchev–Trinajstić information content (AvgIpc) is 2.59. The van der Waals surface area contributed by atoms with Gasteiger partial charge in [-0.15, -0.1) is 0 Å². The van der Waals surface area contributed by atoms with Gasteiger partial charge in [-0.3, -0.25) is 4.79 Å².